The SMILES string of the molecule is Cn1cc([N+](=O)[O-])cc1C(=O)Nc1ccccc1OC(F)F. The van der Waals surface area contributed by atoms with Crippen molar-refractivity contribution in [2.24, 2.45) is 7.05 Å². The van der Waals surface area contributed by atoms with Gasteiger partial charge in [-0.15, -0.1) is 0 Å². The number of anilines is 1. The van der Waals surface area contributed by atoms with Gasteiger partial charge in [-0.3, -0.25) is 14.9 Å². The Bertz CT molecular complexity index is 715. The van der Waals surface area contributed by atoms with Crippen molar-refractivity contribution >= 4 is 17.3 Å². The number of ether oxygens (including phenoxy) is 1. The Morgan fingerprint density at radius 3 is 2.68 bits per heavy atom. The molecule has 2 rings (SSSR count). The lowest BCUT2D eigenvalue weighted by Gasteiger charge is -2.11. The molecule has 0 unspecified atom stereocenters. The van der Waals surface area contributed by atoms with Gasteiger partial charge in [0.15, 0.2) is 0 Å². The molecule has 1 aromatic heterocycles. The summed E-state index contributed by atoms with van der Waals surface area (Å²) in [6.07, 6.45) is 1.18. The van der Waals surface area contributed by atoms with Crippen molar-refractivity contribution in [2.45, 2.75) is 6.61 Å². The summed E-state index contributed by atoms with van der Waals surface area (Å²) in [5, 5.41) is 13.1. The molecule has 1 amide bonds. The fraction of sp³-hybridized carbons (Fsp3) is 0.154. The summed E-state index contributed by atoms with van der Waals surface area (Å²) < 4.78 is 30.2. The largest absolute Gasteiger partial charge is 0.433 e. The van der Waals surface area contributed by atoms with Crippen molar-refractivity contribution in [2.75, 3.05) is 5.32 Å². The van der Waals surface area contributed by atoms with E-state index in [1.165, 1.54) is 42.1 Å². The van der Waals surface area contributed by atoms with Gasteiger partial charge >= 0.3 is 6.61 Å². The number of nitro groups is 1. The molecule has 2 aromatic rings. The molecule has 0 fully saturated rings. The van der Waals surface area contributed by atoms with Crippen molar-refractivity contribution in [3.63, 3.8) is 0 Å². The number of hydrogen-bond donors (Lipinski definition) is 1. The lowest BCUT2D eigenvalue weighted by atomic mass is 10.2. The van der Waals surface area contributed by atoms with Gasteiger partial charge < -0.3 is 14.6 Å². The number of rotatable bonds is 5. The van der Waals surface area contributed by atoms with E-state index in [2.05, 4.69) is 10.1 Å². The Balaban J connectivity index is 2.24. The molecule has 9 heteroatoms. The molecule has 0 aliphatic rings. The second-order valence-corrected chi connectivity index (χ2v) is 4.28. The molecular formula is C13H11F2N3O4. The minimum absolute atomic E-state index is 0.0125. The van der Waals surface area contributed by atoms with E-state index in [0.29, 0.717) is 0 Å². The third-order valence-corrected chi connectivity index (χ3v) is 2.79. The first kappa shape index (κ1) is 15.4. The molecule has 22 heavy (non-hydrogen) atoms. The molecule has 116 valence electrons. The number of alkyl halides is 2. The number of hydrogen-bond acceptors (Lipinski definition) is 4. The molecule has 0 saturated heterocycles. The van der Waals surface area contributed by atoms with Crippen LogP contribution < -0.4 is 10.1 Å². The van der Waals surface area contributed by atoms with E-state index in [9.17, 15) is 23.7 Å². The third kappa shape index (κ3) is 3.37. The van der Waals surface area contributed by atoms with E-state index >= 15 is 0 Å². The summed E-state index contributed by atoms with van der Waals surface area (Å²) in [5.41, 5.74) is -0.194. The van der Waals surface area contributed by atoms with Crippen LogP contribution in [-0.2, 0) is 7.05 Å². The van der Waals surface area contributed by atoms with Gasteiger partial charge in [0.05, 0.1) is 16.8 Å². The average Bonchev–Trinajstić information content (AvgIpc) is 2.83. The highest BCUT2D eigenvalue weighted by Gasteiger charge is 2.19. The Morgan fingerprint density at radius 1 is 1.41 bits per heavy atom. The topological polar surface area (TPSA) is 86.4 Å². The Hall–Kier alpha value is -2.97. The zero-order valence-corrected chi connectivity index (χ0v) is 11.3. The molecule has 7 nitrogen and oxygen atoms in total. The smallest absolute Gasteiger partial charge is 0.387 e. The molecular weight excluding hydrogens is 300 g/mol. The van der Waals surface area contributed by atoms with Crippen LogP contribution in [0.25, 0.3) is 0 Å². The fourth-order valence-corrected chi connectivity index (χ4v) is 1.83. The predicted octanol–water partition coefficient (Wildman–Crippen LogP) is 2.79. The second kappa shape index (κ2) is 6.20. The van der Waals surface area contributed by atoms with Crippen LogP contribution in [0.2, 0.25) is 0 Å². The van der Waals surface area contributed by atoms with Gasteiger partial charge in [0.1, 0.15) is 11.4 Å². The number of nitrogens with zero attached hydrogens (tertiary/aromatic N) is 2. The first-order valence-electron chi connectivity index (χ1n) is 6.04. The van der Waals surface area contributed by atoms with Gasteiger partial charge in [-0.1, -0.05) is 12.1 Å². The van der Waals surface area contributed by atoms with Crippen LogP contribution in [0, 0.1) is 10.1 Å². The highest BCUT2D eigenvalue weighted by Crippen LogP contribution is 2.26. The molecule has 0 spiro atoms. The number of aryl methyl sites for hydroxylation is 1. The zero-order valence-electron chi connectivity index (χ0n) is 11.3. The summed E-state index contributed by atoms with van der Waals surface area (Å²) in [4.78, 5) is 22.2. The van der Waals surface area contributed by atoms with Crippen molar-refractivity contribution in [3.8, 4) is 5.75 Å². The van der Waals surface area contributed by atoms with Gasteiger partial charge in [0.25, 0.3) is 11.6 Å². The average molecular weight is 311 g/mol. The summed E-state index contributed by atoms with van der Waals surface area (Å²) in [7, 11) is 1.46. The first-order chi connectivity index (χ1) is 10.4. The first-order valence-corrected chi connectivity index (χ1v) is 6.04. The van der Waals surface area contributed by atoms with Crippen LogP contribution in [0.1, 0.15) is 10.5 Å². The summed E-state index contributed by atoms with van der Waals surface area (Å²) in [5.74, 6) is -0.879. The van der Waals surface area contributed by atoms with Crippen LogP contribution in [0.3, 0.4) is 0 Å². The zero-order chi connectivity index (χ0) is 16.3. The van der Waals surface area contributed by atoms with E-state index < -0.39 is 17.4 Å². The van der Waals surface area contributed by atoms with Crippen LogP contribution in [-0.4, -0.2) is 22.0 Å². The molecule has 0 radical (unpaired) electrons. The van der Waals surface area contributed by atoms with E-state index in [1.54, 1.807) is 0 Å². The number of amides is 1. The second-order valence-electron chi connectivity index (χ2n) is 4.28. The Labute approximate surface area is 123 Å². The summed E-state index contributed by atoms with van der Waals surface area (Å²) in [6.45, 7) is -3.03. The van der Waals surface area contributed by atoms with Crippen LogP contribution >= 0.6 is 0 Å². The van der Waals surface area contributed by atoms with Gasteiger partial charge in [-0.05, 0) is 12.1 Å². The van der Waals surface area contributed by atoms with Gasteiger partial charge in [-0.2, -0.15) is 8.78 Å². The third-order valence-electron chi connectivity index (χ3n) is 2.79. The van der Waals surface area contributed by atoms with E-state index in [1.807, 2.05) is 0 Å². The van der Waals surface area contributed by atoms with E-state index in [4.69, 9.17) is 0 Å². The maximum atomic E-state index is 12.3. The Morgan fingerprint density at radius 2 is 2.09 bits per heavy atom. The molecule has 0 aliphatic carbocycles. The highest BCUT2D eigenvalue weighted by molar-refractivity contribution is 6.04. The quantitative estimate of drug-likeness (QED) is 0.679. The van der Waals surface area contributed by atoms with Crippen molar-refractivity contribution in [1.29, 1.82) is 0 Å². The molecule has 0 saturated carbocycles. The number of benzene rings is 1. The lowest BCUT2D eigenvalue weighted by Crippen LogP contribution is -2.16. The molecule has 0 aliphatic heterocycles. The van der Waals surface area contributed by atoms with Gasteiger partial charge in [0.2, 0.25) is 0 Å². The van der Waals surface area contributed by atoms with E-state index in [0.717, 1.165) is 6.07 Å². The standard InChI is InChI=1S/C13H11F2N3O4/c1-17-7-8(18(20)21)6-10(17)12(19)16-9-4-2-3-5-11(9)22-13(14)15/h2-7,13H,1H3,(H,16,19). The summed E-state index contributed by atoms with van der Waals surface area (Å²) >= 11 is 0. The number of carbonyl (C=O) groups excluding carboxylic acids is 1. The number of carbonyl (C=O) groups is 1. The van der Waals surface area contributed by atoms with Crippen molar-refractivity contribution < 1.29 is 23.2 Å². The van der Waals surface area contributed by atoms with Gasteiger partial charge in [0, 0.05) is 13.1 Å². The maximum Gasteiger partial charge on any atom is 0.387 e. The normalized spacial score (nSPS) is 10.5. The predicted molar refractivity (Wildman–Crippen MR) is 73.1 cm³/mol. The van der Waals surface area contributed by atoms with Crippen LogP contribution in [0.5, 0.6) is 5.75 Å². The molecule has 1 aromatic carbocycles. The summed E-state index contributed by atoms with van der Waals surface area (Å²) in [6, 6.07) is 6.75. The van der Waals surface area contributed by atoms with Crippen LogP contribution in [0.15, 0.2) is 36.5 Å². The number of aromatic nitrogens is 1. The maximum absolute atomic E-state index is 12.3. The van der Waals surface area contributed by atoms with Gasteiger partial charge in [-0.25, -0.2) is 0 Å². The lowest BCUT2D eigenvalue weighted by molar-refractivity contribution is -0.384. The number of para-hydroxylation sites is 2. The van der Waals surface area contributed by atoms with Crippen LogP contribution in [0.4, 0.5) is 20.2 Å². The number of nitrogens with one attached hydrogen (secondary N) is 1. The minimum atomic E-state index is -3.03. The molecule has 1 heterocycles. The Kier molecular flexibility index (Phi) is 4.35. The molecule has 1 N–H and O–H groups in total. The van der Waals surface area contributed by atoms with E-state index in [-0.39, 0.29) is 22.8 Å². The monoisotopic (exact) mass is 311 g/mol. The fourth-order valence-electron chi connectivity index (χ4n) is 1.83. The van der Waals surface area contributed by atoms with Crippen molar-refractivity contribution in [1.82, 2.24) is 4.57 Å². The minimum Gasteiger partial charge on any atom is -0.433 e. The molecule has 0 bridgehead atoms. The number of halogens is 2. The van der Waals surface area contributed by atoms with Crippen molar-refractivity contribution in [3.05, 3.63) is 52.3 Å². The molecule has 0 atom stereocenters. The highest BCUT2D eigenvalue weighted by atomic mass is 19.3.